The molecule has 3 atom stereocenters. The van der Waals surface area contributed by atoms with E-state index in [1.54, 1.807) is 0 Å². The first-order valence-electron chi connectivity index (χ1n) is 7.32. The summed E-state index contributed by atoms with van der Waals surface area (Å²) < 4.78 is 6.40. The van der Waals surface area contributed by atoms with Crippen molar-refractivity contribution in [2.45, 2.75) is 77.9 Å². The molecule has 0 N–H and O–H groups in total. The maximum absolute atomic E-state index is 6.40. The van der Waals surface area contributed by atoms with Crippen molar-refractivity contribution in [1.29, 1.82) is 0 Å². The van der Waals surface area contributed by atoms with Crippen molar-refractivity contribution >= 4 is 0 Å². The molecule has 2 aliphatic carbocycles. The van der Waals surface area contributed by atoms with Crippen LogP contribution in [0.4, 0.5) is 0 Å². The molecule has 0 aromatic rings. The molecular weight excluding hydrogens is 196 g/mol. The Bertz CT molecular complexity index is 205. The highest BCUT2D eigenvalue weighted by Crippen LogP contribution is 2.37. The highest BCUT2D eigenvalue weighted by Gasteiger charge is 2.33. The van der Waals surface area contributed by atoms with E-state index in [9.17, 15) is 0 Å². The molecule has 3 unspecified atom stereocenters. The molecule has 94 valence electrons. The summed E-state index contributed by atoms with van der Waals surface area (Å²) in [4.78, 5) is 0. The standard InChI is InChI=1S/C15H28O/c1-11(2)14-9-8-12(3)10-15(14)16-13-6-4-5-7-13/h11-15H,4-10H2,1-3H3. The van der Waals surface area contributed by atoms with Gasteiger partial charge in [0.2, 0.25) is 0 Å². The van der Waals surface area contributed by atoms with Crippen molar-refractivity contribution < 1.29 is 4.74 Å². The van der Waals surface area contributed by atoms with Gasteiger partial charge < -0.3 is 4.74 Å². The van der Waals surface area contributed by atoms with Gasteiger partial charge in [0.05, 0.1) is 12.2 Å². The zero-order valence-electron chi connectivity index (χ0n) is 11.2. The van der Waals surface area contributed by atoms with Crippen LogP contribution in [-0.2, 0) is 4.74 Å². The van der Waals surface area contributed by atoms with Gasteiger partial charge in [-0.1, -0.05) is 40.0 Å². The first-order chi connectivity index (χ1) is 7.66. The van der Waals surface area contributed by atoms with E-state index in [1.807, 2.05) is 0 Å². The summed E-state index contributed by atoms with van der Waals surface area (Å²) in [7, 11) is 0. The molecule has 0 aromatic carbocycles. The fourth-order valence-electron chi connectivity index (χ4n) is 3.54. The van der Waals surface area contributed by atoms with Crippen LogP contribution in [-0.4, -0.2) is 12.2 Å². The van der Waals surface area contributed by atoms with Crippen LogP contribution < -0.4 is 0 Å². The first-order valence-corrected chi connectivity index (χ1v) is 7.32. The molecule has 1 heteroatoms. The van der Waals surface area contributed by atoms with E-state index >= 15 is 0 Å². The van der Waals surface area contributed by atoms with E-state index < -0.39 is 0 Å². The molecule has 0 saturated heterocycles. The largest absolute Gasteiger partial charge is 0.375 e. The average Bonchev–Trinajstić information content (AvgIpc) is 2.70. The molecule has 2 saturated carbocycles. The van der Waals surface area contributed by atoms with Crippen molar-refractivity contribution in [1.82, 2.24) is 0 Å². The summed E-state index contributed by atoms with van der Waals surface area (Å²) in [5.41, 5.74) is 0. The Labute approximate surface area is 101 Å². The Hall–Kier alpha value is -0.0400. The monoisotopic (exact) mass is 224 g/mol. The second-order valence-corrected chi connectivity index (χ2v) is 6.41. The zero-order valence-corrected chi connectivity index (χ0v) is 11.2. The normalized spacial score (nSPS) is 37.1. The Morgan fingerprint density at radius 3 is 2.31 bits per heavy atom. The van der Waals surface area contributed by atoms with Gasteiger partial charge in [-0.25, -0.2) is 0 Å². The molecule has 0 spiro atoms. The maximum atomic E-state index is 6.40. The molecule has 0 bridgehead atoms. The van der Waals surface area contributed by atoms with Gasteiger partial charge in [0.1, 0.15) is 0 Å². The SMILES string of the molecule is CC1CCC(C(C)C)C(OC2CCCC2)C1. The molecule has 0 heterocycles. The van der Waals surface area contributed by atoms with Crippen LogP contribution in [0.2, 0.25) is 0 Å². The molecule has 0 radical (unpaired) electrons. The van der Waals surface area contributed by atoms with Crippen LogP contribution in [0.5, 0.6) is 0 Å². The highest BCUT2D eigenvalue weighted by molar-refractivity contribution is 4.83. The molecule has 0 amide bonds. The number of rotatable bonds is 3. The summed E-state index contributed by atoms with van der Waals surface area (Å²) in [6.45, 7) is 7.12. The van der Waals surface area contributed by atoms with E-state index in [2.05, 4.69) is 20.8 Å². The third kappa shape index (κ3) is 3.00. The third-order valence-corrected chi connectivity index (χ3v) is 4.63. The molecule has 2 fully saturated rings. The number of hydrogen-bond acceptors (Lipinski definition) is 1. The van der Waals surface area contributed by atoms with E-state index in [1.165, 1.54) is 44.9 Å². The molecule has 0 aromatic heterocycles. The topological polar surface area (TPSA) is 9.23 Å². The summed E-state index contributed by atoms with van der Waals surface area (Å²) in [5, 5.41) is 0. The Kier molecular flexibility index (Phi) is 4.29. The van der Waals surface area contributed by atoms with E-state index in [0.717, 1.165) is 17.8 Å². The van der Waals surface area contributed by atoms with Gasteiger partial charge in [-0.3, -0.25) is 0 Å². The van der Waals surface area contributed by atoms with Crippen molar-refractivity contribution in [2.24, 2.45) is 17.8 Å². The van der Waals surface area contributed by atoms with E-state index in [4.69, 9.17) is 4.74 Å². The second kappa shape index (κ2) is 5.53. The predicted octanol–water partition coefficient (Wildman–Crippen LogP) is 4.41. The molecule has 0 aliphatic heterocycles. The fourth-order valence-corrected chi connectivity index (χ4v) is 3.54. The van der Waals surface area contributed by atoms with Gasteiger partial charge >= 0.3 is 0 Å². The molecular formula is C15H28O. The summed E-state index contributed by atoms with van der Waals surface area (Å²) in [5.74, 6) is 2.48. The van der Waals surface area contributed by atoms with Gasteiger partial charge in [0, 0.05) is 0 Å². The smallest absolute Gasteiger partial charge is 0.0612 e. The van der Waals surface area contributed by atoms with Crippen LogP contribution in [0.1, 0.15) is 65.7 Å². The van der Waals surface area contributed by atoms with Crippen molar-refractivity contribution in [3.63, 3.8) is 0 Å². The van der Waals surface area contributed by atoms with Crippen LogP contribution in [0, 0.1) is 17.8 Å². The van der Waals surface area contributed by atoms with Crippen molar-refractivity contribution in [2.75, 3.05) is 0 Å². The summed E-state index contributed by atoms with van der Waals surface area (Å²) >= 11 is 0. The minimum absolute atomic E-state index is 0.562. The van der Waals surface area contributed by atoms with E-state index in [-0.39, 0.29) is 0 Å². The Balaban J connectivity index is 1.91. The Morgan fingerprint density at radius 2 is 1.69 bits per heavy atom. The first kappa shape index (κ1) is 12.4. The lowest BCUT2D eigenvalue weighted by Crippen LogP contribution is -2.36. The lowest BCUT2D eigenvalue weighted by Gasteiger charge is -2.38. The fraction of sp³-hybridized carbons (Fsp3) is 1.00. The number of ether oxygens (including phenoxy) is 1. The van der Waals surface area contributed by atoms with Crippen molar-refractivity contribution in [3.8, 4) is 0 Å². The van der Waals surface area contributed by atoms with Crippen LogP contribution >= 0.6 is 0 Å². The minimum Gasteiger partial charge on any atom is -0.375 e. The van der Waals surface area contributed by atoms with Gasteiger partial charge in [-0.15, -0.1) is 0 Å². The van der Waals surface area contributed by atoms with Crippen LogP contribution in [0.3, 0.4) is 0 Å². The molecule has 2 aliphatic rings. The zero-order chi connectivity index (χ0) is 11.5. The van der Waals surface area contributed by atoms with Crippen LogP contribution in [0.15, 0.2) is 0 Å². The summed E-state index contributed by atoms with van der Waals surface area (Å²) in [6.07, 6.45) is 10.7. The van der Waals surface area contributed by atoms with Gasteiger partial charge in [-0.2, -0.15) is 0 Å². The van der Waals surface area contributed by atoms with Gasteiger partial charge in [0.25, 0.3) is 0 Å². The molecule has 16 heavy (non-hydrogen) atoms. The lowest BCUT2D eigenvalue weighted by molar-refractivity contribution is -0.0772. The lowest BCUT2D eigenvalue weighted by atomic mass is 9.75. The van der Waals surface area contributed by atoms with Crippen molar-refractivity contribution in [3.05, 3.63) is 0 Å². The van der Waals surface area contributed by atoms with Gasteiger partial charge in [-0.05, 0) is 43.4 Å². The average molecular weight is 224 g/mol. The predicted molar refractivity (Wildman–Crippen MR) is 68.5 cm³/mol. The number of hydrogen-bond donors (Lipinski definition) is 0. The van der Waals surface area contributed by atoms with Crippen LogP contribution in [0.25, 0.3) is 0 Å². The van der Waals surface area contributed by atoms with Gasteiger partial charge in [0.15, 0.2) is 0 Å². The highest BCUT2D eigenvalue weighted by atomic mass is 16.5. The quantitative estimate of drug-likeness (QED) is 0.690. The minimum atomic E-state index is 0.562. The van der Waals surface area contributed by atoms with E-state index in [0.29, 0.717) is 12.2 Å². The second-order valence-electron chi connectivity index (χ2n) is 6.41. The molecule has 1 nitrogen and oxygen atoms in total. The summed E-state index contributed by atoms with van der Waals surface area (Å²) in [6, 6.07) is 0. The Morgan fingerprint density at radius 1 is 1.00 bits per heavy atom. The maximum Gasteiger partial charge on any atom is 0.0612 e. The molecule has 2 rings (SSSR count). The third-order valence-electron chi connectivity index (χ3n) is 4.63.